The Kier molecular flexibility index (Phi) is 3.10. The van der Waals surface area contributed by atoms with Crippen LogP contribution < -0.4 is 5.73 Å². The third-order valence-electron chi connectivity index (χ3n) is 6.13. The molecule has 0 aliphatic heterocycles. The van der Waals surface area contributed by atoms with Crippen LogP contribution in [0.25, 0.3) is 0 Å². The van der Waals surface area contributed by atoms with Gasteiger partial charge in [0.05, 0.1) is 6.10 Å². The van der Waals surface area contributed by atoms with Crippen molar-refractivity contribution in [2.24, 2.45) is 35.3 Å². The summed E-state index contributed by atoms with van der Waals surface area (Å²) in [4.78, 5) is 0. The number of nitrogens with two attached hydrogens (primary N) is 1. The van der Waals surface area contributed by atoms with Gasteiger partial charge in [-0.15, -0.1) is 0 Å². The summed E-state index contributed by atoms with van der Waals surface area (Å²) in [6.45, 7) is 0.493. The van der Waals surface area contributed by atoms with Crippen LogP contribution in [-0.2, 0) is 0 Å². The molecule has 6 atom stereocenters. The van der Waals surface area contributed by atoms with Crippen LogP contribution in [0.15, 0.2) is 24.3 Å². The van der Waals surface area contributed by atoms with Gasteiger partial charge in [0, 0.05) is 17.5 Å². The van der Waals surface area contributed by atoms with Crippen molar-refractivity contribution >= 4 is 11.6 Å². The van der Waals surface area contributed by atoms with Gasteiger partial charge in [-0.2, -0.15) is 0 Å². The molecule has 0 spiro atoms. The molecule has 0 aromatic heterocycles. The summed E-state index contributed by atoms with van der Waals surface area (Å²) in [6, 6.07) is 7.82. The predicted molar refractivity (Wildman–Crippen MR) is 80.6 cm³/mol. The molecule has 0 amide bonds. The average Bonchev–Trinajstić information content (AvgIpc) is 2.88. The molecule has 1 aromatic carbocycles. The summed E-state index contributed by atoms with van der Waals surface area (Å²) in [6.07, 6.45) is 3.90. The second-order valence-electron chi connectivity index (χ2n) is 6.95. The minimum atomic E-state index is -0.295. The quantitative estimate of drug-likeness (QED) is 0.896. The number of rotatable bonds is 4. The summed E-state index contributed by atoms with van der Waals surface area (Å²) in [7, 11) is 0. The second-order valence-corrected chi connectivity index (χ2v) is 7.39. The lowest BCUT2D eigenvalue weighted by Gasteiger charge is -2.24. The third-order valence-corrected chi connectivity index (χ3v) is 6.37. The van der Waals surface area contributed by atoms with Crippen molar-refractivity contribution in [1.29, 1.82) is 0 Å². The van der Waals surface area contributed by atoms with Gasteiger partial charge in [0.2, 0.25) is 0 Å². The Morgan fingerprint density at radius 1 is 1.25 bits per heavy atom. The fourth-order valence-electron chi connectivity index (χ4n) is 5.33. The minimum Gasteiger partial charge on any atom is -0.392 e. The molecule has 0 radical (unpaired) electrons. The first-order valence-electron chi connectivity index (χ1n) is 7.84. The molecule has 1 aromatic rings. The van der Waals surface area contributed by atoms with E-state index in [4.69, 9.17) is 17.3 Å². The van der Waals surface area contributed by atoms with Crippen molar-refractivity contribution in [2.75, 3.05) is 6.54 Å². The number of fused-ring (bicyclic) bond motifs is 5. The fourth-order valence-corrected chi connectivity index (χ4v) is 5.53. The standard InChI is InChI=1S/C17H22ClNO/c18-12-3-1-2-9(7-12)13(8-19)17(20)16-14-10-4-5-11(6-10)15(14)16/h1-3,7,10-11,13-17,20H,4-6,8,19H2. The maximum absolute atomic E-state index is 10.8. The molecular weight excluding hydrogens is 270 g/mol. The number of hydrogen-bond acceptors (Lipinski definition) is 2. The summed E-state index contributed by atoms with van der Waals surface area (Å²) < 4.78 is 0. The van der Waals surface area contributed by atoms with Crippen molar-refractivity contribution in [3.63, 3.8) is 0 Å². The highest BCUT2D eigenvalue weighted by atomic mass is 35.5. The largest absolute Gasteiger partial charge is 0.392 e. The Balaban J connectivity index is 1.54. The van der Waals surface area contributed by atoms with Crippen LogP contribution in [-0.4, -0.2) is 17.8 Å². The minimum absolute atomic E-state index is 0.0312. The zero-order valence-electron chi connectivity index (χ0n) is 11.6. The second kappa shape index (κ2) is 4.72. The Labute approximate surface area is 125 Å². The Bertz CT molecular complexity index is 503. The summed E-state index contributed by atoms with van der Waals surface area (Å²) in [5.74, 6) is 3.89. The molecule has 0 heterocycles. The van der Waals surface area contributed by atoms with E-state index >= 15 is 0 Å². The molecule has 4 rings (SSSR count). The summed E-state index contributed by atoms with van der Waals surface area (Å²) >= 11 is 6.08. The van der Waals surface area contributed by atoms with E-state index in [0.717, 1.165) is 34.3 Å². The van der Waals surface area contributed by atoms with Crippen molar-refractivity contribution in [3.05, 3.63) is 34.9 Å². The molecule has 2 bridgehead atoms. The van der Waals surface area contributed by atoms with Crippen LogP contribution in [0, 0.1) is 29.6 Å². The van der Waals surface area contributed by atoms with Gasteiger partial charge in [0.15, 0.2) is 0 Å². The van der Waals surface area contributed by atoms with Gasteiger partial charge in [-0.05, 0) is 66.5 Å². The first kappa shape index (κ1) is 13.1. The van der Waals surface area contributed by atoms with Crippen LogP contribution in [0.1, 0.15) is 30.7 Å². The highest BCUT2D eigenvalue weighted by Crippen LogP contribution is 2.71. The zero-order valence-corrected chi connectivity index (χ0v) is 12.3. The van der Waals surface area contributed by atoms with E-state index in [2.05, 4.69) is 0 Å². The Morgan fingerprint density at radius 2 is 1.95 bits per heavy atom. The summed E-state index contributed by atoms with van der Waals surface area (Å²) in [5, 5.41) is 11.6. The van der Waals surface area contributed by atoms with Crippen LogP contribution in [0.2, 0.25) is 5.02 Å². The predicted octanol–water partition coefficient (Wildman–Crippen LogP) is 3.04. The maximum Gasteiger partial charge on any atom is 0.0654 e. The molecule has 20 heavy (non-hydrogen) atoms. The molecule has 3 N–H and O–H groups in total. The monoisotopic (exact) mass is 291 g/mol. The maximum atomic E-state index is 10.8. The molecule has 3 saturated carbocycles. The van der Waals surface area contributed by atoms with Gasteiger partial charge in [-0.1, -0.05) is 23.7 Å². The lowest BCUT2D eigenvalue weighted by molar-refractivity contribution is 0.102. The van der Waals surface area contributed by atoms with E-state index in [1.54, 1.807) is 0 Å². The van der Waals surface area contributed by atoms with Gasteiger partial charge in [-0.25, -0.2) is 0 Å². The topological polar surface area (TPSA) is 46.2 Å². The van der Waals surface area contributed by atoms with E-state index in [9.17, 15) is 5.11 Å². The van der Waals surface area contributed by atoms with Crippen molar-refractivity contribution in [1.82, 2.24) is 0 Å². The van der Waals surface area contributed by atoms with E-state index < -0.39 is 0 Å². The fraction of sp³-hybridized carbons (Fsp3) is 0.647. The number of aliphatic hydroxyl groups is 1. The molecular formula is C17H22ClNO. The normalized spacial score (nSPS) is 40.5. The number of halogens is 1. The molecule has 3 aliphatic rings. The van der Waals surface area contributed by atoms with E-state index in [-0.39, 0.29) is 12.0 Å². The van der Waals surface area contributed by atoms with Gasteiger partial charge >= 0.3 is 0 Å². The van der Waals surface area contributed by atoms with Crippen LogP contribution in [0.5, 0.6) is 0 Å². The van der Waals surface area contributed by atoms with Crippen molar-refractivity contribution in [3.8, 4) is 0 Å². The molecule has 6 unspecified atom stereocenters. The number of hydrogen-bond donors (Lipinski definition) is 2. The Hall–Kier alpha value is -0.570. The van der Waals surface area contributed by atoms with Crippen LogP contribution in [0.3, 0.4) is 0 Å². The Morgan fingerprint density at radius 3 is 2.55 bits per heavy atom. The average molecular weight is 292 g/mol. The van der Waals surface area contributed by atoms with E-state index in [1.807, 2.05) is 24.3 Å². The summed E-state index contributed by atoms with van der Waals surface area (Å²) in [5.41, 5.74) is 7.04. The highest BCUT2D eigenvalue weighted by molar-refractivity contribution is 6.30. The molecule has 108 valence electrons. The van der Waals surface area contributed by atoms with E-state index in [0.29, 0.717) is 12.5 Å². The smallest absolute Gasteiger partial charge is 0.0654 e. The van der Waals surface area contributed by atoms with Crippen LogP contribution >= 0.6 is 11.6 Å². The zero-order chi connectivity index (χ0) is 13.9. The lowest BCUT2D eigenvalue weighted by atomic mass is 9.87. The number of aliphatic hydroxyl groups excluding tert-OH is 1. The third kappa shape index (κ3) is 1.85. The SMILES string of the molecule is NCC(c1cccc(Cl)c1)C(O)C1C2C3CCC(C3)C21. The van der Waals surface area contributed by atoms with Crippen molar-refractivity contribution < 1.29 is 5.11 Å². The highest BCUT2D eigenvalue weighted by Gasteiger charge is 2.67. The molecule has 2 nitrogen and oxygen atoms in total. The molecule has 3 heteroatoms. The van der Waals surface area contributed by atoms with Gasteiger partial charge in [0.25, 0.3) is 0 Å². The first-order chi connectivity index (χ1) is 9.70. The van der Waals surface area contributed by atoms with Gasteiger partial charge < -0.3 is 10.8 Å². The van der Waals surface area contributed by atoms with Gasteiger partial charge in [-0.3, -0.25) is 0 Å². The lowest BCUT2D eigenvalue weighted by Crippen LogP contribution is -2.29. The molecule has 0 saturated heterocycles. The van der Waals surface area contributed by atoms with Gasteiger partial charge in [0.1, 0.15) is 0 Å². The molecule has 3 fully saturated rings. The number of benzene rings is 1. The van der Waals surface area contributed by atoms with E-state index in [1.165, 1.54) is 19.3 Å². The molecule has 3 aliphatic carbocycles. The van der Waals surface area contributed by atoms with Crippen LogP contribution in [0.4, 0.5) is 0 Å². The first-order valence-corrected chi connectivity index (χ1v) is 8.22. The van der Waals surface area contributed by atoms with Crippen molar-refractivity contribution in [2.45, 2.75) is 31.3 Å².